The Balaban J connectivity index is 1.83. The lowest BCUT2D eigenvalue weighted by atomic mass is 10.2. The first kappa shape index (κ1) is 39.4. The van der Waals surface area contributed by atoms with Gasteiger partial charge in [0.25, 0.3) is 21.5 Å². The Morgan fingerprint density at radius 1 is 0.736 bits per heavy atom. The van der Waals surface area contributed by atoms with Crippen LogP contribution in [0.2, 0.25) is 0 Å². The Kier molecular flexibility index (Phi) is 11.5. The topological polar surface area (TPSA) is 366 Å². The maximum atomic E-state index is 13.3. The third kappa shape index (κ3) is 10.1. The second kappa shape index (κ2) is 15.5. The van der Waals surface area contributed by atoms with Gasteiger partial charge in [0.2, 0.25) is 10.9 Å². The van der Waals surface area contributed by atoms with E-state index in [4.69, 9.17) is 4.55 Å². The van der Waals surface area contributed by atoms with Crippen molar-refractivity contribution in [3.05, 3.63) is 118 Å². The molecule has 0 aromatic heterocycles. The Morgan fingerprint density at radius 2 is 1.36 bits per heavy atom. The summed E-state index contributed by atoms with van der Waals surface area (Å²) < 4.78 is 93.4. The van der Waals surface area contributed by atoms with E-state index in [1.54, 1.807) is 0 Å². The van der Waals surface area contributed by atoms with Crippen molar-refractivity contribution in [2.75, 3.05) is 23.2 Å². The van der Waals surface area contributed by atoms with E-state index in [1.165, 1.54) is 12.1 Å². The molecule has 0 aliphatic heterocycles. The Bertz CT molecular complexity index is 2730. The number of phenolic OH excluding ortho intramolecular Hbond substituents is 1. The first-order chi connectivity index (χ1) is 24.7. The highest BCUT2D eigenvalue weighted by Gasteiger charge is 2.23. The molecule has 0 aliphatic rings. The number of nitrogens with one attached hydrogen (secondary N) is 2. The van der Waals surface area contributed by atoms with Crippen molar-refractivity contribution in [1.82, 2.24) is 0 Å². The molecule has 0 radical (unpaired) electrons. The lowest BCUT2D eigenvalue weighted by Gasteiger charge is -2.07. The third-order valence-electron chi connectivity index (χ3n) is 6.45. The van der Waals surface area contributed by atoms with Gasteiger partial charge in [-0.05, 0) is 36.4 Å². The number of sulfone groups is 1. The van der Waals surface area contributed by atoms with Crippen molar-refractivity contribution < 1.29 is 53.5 Å². The summed E-state index contributed by atoms with van der Waals surface area (Å²) >= 11 is 0. The zero-order chi connectivity index (χ0) is 39.3. The molecule has 0 saturated heterocycles. The highest BCUT2D eigenvalue weighted by Crippen LogP contribution is 2.29. The molecule has 0 fully saturated rings. The van der Waals surface area contributed by atoms with E-state index in [0.29, 0.717) is 6.07 Å². The number of non-ortho nitro benzene ring substituents is 2. The molecular weight excluding hydrogens is 777 g/mol. The summed E-state index contributed by atoms with van der Waals surface area (Å²) in [4.78, 5) is 45.1. The van der Waals surface area contributed by atoms with Crippen molar-refractivity contribution in [3.63, 3.8) is 0 Å². The van der Waals surface area contributed by atoms with Crippen LogP contribution in [-0.2, 0) is 34.5 Å². The van der Waals surface area contributed by atoms with E-state index in [1.807, 2.05) is 0 Å². The number of benzene rings is 4. The second-order valence-electron chi connectivity index (χ2n) is 10.0. The van der Waals surface area contributed by atoms with Crippen molar-refractivity contribution in [2.45, 2.75) is 9.79 Å². The number of nitro groups is 2. The number of aromatic hydroxyl groups is 1. The van der Waals surface area contributed by atoms with Crippen LogP contribution < -0.4 is 32.4 Å². The summed E-state index contributed by atoms with van der Waals surface area (Å²) in [6.07, 6.45) is 0. The Labute approximate surface area is 294 Å². The van der Waals surface area contributed by atoms with Gasteiger partial charge in [0.05, 0.1) is 44.5 Å². The van der Waals surface area contributed by atoms with Crippen LogP contribution in [0.25, 0.3) is 0 Å². The van der Waals surface area contributed by atoms with Crippen LogP contribution >= 0.6 is 0 Å². The Hall–Kier alpha value is -6.39. The van der Waals surface area contributed by atoms with Crippen LogP contribution in [0.3, 0.4) is 0 Å². The zero-order valence-electron chi connectivity index (χ0n) is 25.8. The number of hydrogen-bond donors (Lipinski definition) is 5. The highest BCUT2D eigenvalue weighted by molar-refractivity contribution is 7.91. The van der Waals surface area contributed by atoms with Gasteiger partial charge in [0.15, 0.2) is 15.2 Å². The zero-order valence-corrected chi connectivity index (χ0v) is 28.3. The van der Waals surface area contributed by atoms with Crippen LogP contribution in [0.15, 0.2) is 107 Å². The number of phenols is 1. The molecule has 0 saturated carbocycles. The molecule has 0 unspecified atom stereocenters. The fraction of sp³-hybridized carbons (Fsp3) is 0.0769. The van der Waals surface area contributed by atoms with Gasteiger partial charge in [-0.2, -0.15) is 27.0 Å². The molecule has 5 N–H and O–H groups in total. The average molecular weight is 797 g/mol. The van der Waals surface area contributed by atoms with E-state index < -0.39 is 107 Å². The molecule has 278 valence electrons. The first-order valence-electron chi connectivity index (χ1n) is 13.7. The molecule has 4 rings (SSSR count). The van der Waals surface area contributed by atoms with Gasteiger partial charge >= 0.3 is 10.4 Å². The van der Waals surface area contributed by atoms with Crippen LogP contribution in [0.1, 0.15) is 0 Å². The SMILES string of the molecule is O=c1c(N=Nc2ccc(S(=O)(=O)CCOS(=O)(=O)O)cc2S(=O)(=O)O)cc(=NNc2ccc([N+](=O)[O-])cc2)c(=O)c1=NNc1ccc([N+](=O)[O-])cc1O. The minimum atomic E-state index is -5.28. The summed E-state index contributed by atoms with van der Waals surface area (Å²) in [5.41, 5.74) is -0.322. The molecule has 4 aromatic carbocycles. The van der Waals surface area contributed by atoms with Crippen LogP contribution in [0.5, 0.6) is 5.75 Å². The molecule has 4 aromatic rings. The molecule has 0 amide bonds. The van der Waals surface area contributed by atoms with Crippen LogP contribution in [-0.4, -0.2) is 61.7 Å². The van der Waals surface area contributed by atoms with E-state index in [-0.39, 0.29) is 17.1 Å². The molecule has 24 nitrogen and oxygen atoms in total. The number of nitrogens with zero attached hydrogens (tertiary/aromatic N) is 6. The molecule has 0 heterocycles. The maximum Gasteiger partial charge on any atom is 0.397 e. The lowest BCUT2D eigenvalue weighted by molar-refractivity contribution is -0.385. The summed E-state index contributed by atoms with van der Waals surface area (Å²) in [6, 6.07) is 10.1. The fourth-order valence-corrected chi connectivity index (χ4v) is 6.18. The van der Waals surface area contributed by atoms with Crippen molar-refractivity contribution in [1.29, 1.82) is 0 Å². The van der Waals surface area contributed by atoms with Crippen molar-refractivity contribution in [3.8, 4) is 5.75 Å². The smallest absolute Gasteiger partial charge is 0.397 e. The van der Waals surface area contributed by atoms with Crippen molar-refractivity contribution >= 4 is 64.5 Å². The van der Waals surface area contributed by atoms with Gasteiger partial charge in [-0.1, -0.05) is 0 Å². The van der Waals surface area contributed by atoms with E-state index in [0.717, 1.165) is 48.5 Å². The minimum Gasteiger partial charge on any atom is -0.505 e. The molecular formula is C26H20N8O16S3. The Morgan fingerprint density at radius 3 is 1.94 bits per heavy atom. The fourth-order valence-electron chi connectivity index (χ4n) is 3.94. The van der Waals surface area contributed by atoms with E-state index in [2.05, 4.69) is 35.5 Å². The summed E-state index contributed by atoms with van der Waals surface area (Å²) in [7, 11) is -14.8. The van der Waals surface area contributed by atoms with Gasteiger partial charge in [-0.3, -0.25) is 49.8 Å². The standard InChI is InChI=1S/C26H20N8O16S3/c35-22-11-16(34(40)41)5-7-18(22)28-32-24-25(36)20(30-27-14-1-3-15(4-2-14)33(38)39)13-21(26(24)37)31-29-19-8-6-17(12-23(19)52(44,45)46)51(42,43)10-9-50-53(47,48)49/h1-8,11-13,27-28,35H,9-10H2,(H,44,45,46)(H,47,48,49). The van der Waals surface area contributed by atoms with E-state index in [9.17, 15) is 64.7 Å². The van der Waals surface area contributed by atoms with Gasteiger partial charge < -0.3 is 5.11 Å². The third-order valence-corrected chi connectivity index (χ3v) is 9.47. The molecule has 0 bridgehead atoms. The molecule has 53 heavy (non-hydrogen) atoms. The van der Waals surface area contributed by atoms with Gasteiger partial charge in [0, 0.05) is 24.3 Å². The largest absolute Gasteiger partial charge is 0.505 e. The summed E-state index contributed by atoms with van der Waals surface area (Å²) in [5, 5.41) is 45.3. The predicted octanol–water partition coefficient (Wildman–Crippen LogP) is 0.915. The number of azo groups is 1. The maximum absolute atomic E-state index is 13.3. The van der Waals surface area contributed by atoms with Gasteiger partial charge in [-0.25, -0.2) is 12.6 Å². The van der Waals surface area contributed by atoms with Crippen LogP contribution in [0.4, 0.5) is 34.1 Å². The minimum absolute atomic E-state index is 0.120. The highest BCUT2D eigenvalue weighted by atomic mass is 32.3. The quantitative estimate of drug-likeness (QED) is 0.0389. The average Bonchev–Trinajstić information content (AvgIpc) is 3.06. The molecule has 0 atom stereocenters. The molecule has 0 aliphatic carbocycles. The number of hydrogen-bond acceptors (Lipinski definition) is 20. The normalized spacial score (nSPS) is 12.9. The molecule has 0 spiro atoms. The monoisotopic (exact) mass is 796 g/mol. The van der Waals surface area contributed by atoms with Gasteiger partial charge in [0.1, 0.15) is 27.4 Å². The summed E-state index contributed by atoms with van der Waals surface area (Å²) in [5.74, 6) is -1.78. The van der Waals surface area contributed by atoms with Gasteiger partial charge in [-0.15, -0.1) is 10.2 Å². The predicted molar refractivity (Wildman–Crippen MR) is 178 cm³/mol. The first-order valence-corrected chi connectivity index (χ1v) is 18.2. The number of anilines is 2. The lowest BCUT2D eigenvalue weighted by Crippen LogP contribution is -2.48. The summed E-state index contributed by atoms with van der Waals surface area (Å²) in [6.45, 7) is -1.07. The number of nitro benzene ring substituents is 2. The van der Waals surface area contributed by atoms with E-state index >= 15 is 0 Å². The number of rotatable bonds is 14. The van der Waals surface area contributed by atoms with Crippen molar-refractivity contribution in [2.24, 2.45) is 20.4 Å². The van der Waals surface area contributed by atoms with Crippen LogP contribution in [0, 0.1) is 20.2 Å². The molecule has 27 heteroatoms. The second-order valence-corrected chi connectivity index (χ2v) is 14.6.